The first-order valence-corrected chi connectivity index (χ1v) is 7.81. The summed E-state index contributed by atoms with van der Waals surface area (Å²) in [5.74, 6) is 1.16. The Morgan fingerprint density at radius 1 is 1.41 bits per heavy atom. The fraction of sp³-hybridized carbons (Fsp3) is 0.529. The van der Waals surface area contributed by atoms with Crippen LogP contribution in [0.1, 0.15) is 49.5 Å². The normalized spacial score (nSPS) is 12.6. The SMILES string of the molecule is CCn1ncc(C(=O)N(Cc2ccco2)[C@H](C)C(C)C)c1C. The van der Waals surface area contributed by atoms with E-state index in [1.165, 1.54) is 0 Å². The topological polar surface area (TPSA) is 51.3 Å². The molecular formula is C17H25N3O2. The van der Waals surface area contributed by atoms with Gasteiger partial charge in [-0.3, -0.25) is 9.48 Å². The summed E-state index contributed by atoms with van der Waals surface area (Å²) in [5, 5.41) is 4.28. The van der Waals surface area contributed by atoms with Crippen LogP contribution in [0.15, 0.2) is 29.0 Å². The Kier molecular flexibility index (Phi) is 5.06. The Morgan fingerprint density at radius 3 is 2.64 bits per heavy atom. The number of aryl methyl sites for hydroxylation is 1. The number of amides is 1. The molecule has 0 aliphatic rings. The summed E-state index contributed by atoms with van der Waals surface area (Å²) in [6, 6.07) is 3.86. The maximum absolute atomic E-state index is 13.0. The maximum atomic E-state index is 13.0. The molecule has 0 N–H and O–H groups in total. The second-order valence-electron chi connectivity index (χ2n) is 5.96. The summed E-state index contributed by atoms with van der Waals surface area (Å²) in [7, 11) is 0. The highest BCUT2D eigenvalue weighted by atomic mass is 16.3. The lowest BCUT2D eigenvalue weighted by Gasteiger charge is -2.31. The third-order valence-electron chi connectivity index (χ3n) is 4.26. The lowest BCUT2D eigenvalue weighted by Crippen LogP contribution is -2.41. The third-order valence-corrected chi connectivity index (χ3v) is 4.26. The quantitative estimate of drug-likeness (QED) is 0.821. The van der Waals surface area contributed by atoms with Crippen LogP contribution in [0.5, 0.6) is 0 Å². The molecule has 1 amide bonds. The van der Waals surface area contributed by atoms with Gasteiger partial charge in [-0.1, -0.05) is 13.8 Å². The van der Waals surface area contributed by atoms with E-state index in [-0.39, 0.29) is 11.9 Å². The number of nitrogens with zero attached hydrogens (tertiary/aromatic N) is 3. The lowest BCUT2D eigenvalue weighted by atomic mass is 10.0. The standard InChI is InChI=1S/C17H25N3O2/c1-6-20-14(5)16(10-18-20)17(21)19(13(4)12(2)3)11-15-8-7-9-22-15/h7-10,12-13H,6,11H2,1-5H3/t13-/m1/s1. The first-order chi connectivity index (χ1) is 10.5. The molecule has 0 fully saturated rings. The van der Waals surface area contributed by atoms with Crippen LogP contribution in [0.2, 0.25) is 0 Å². The molecule has 0 radical (unpaired) electrons. The van der Waals surface area contributed by atoms with Gasteiger partial charge in [0.1, 0.15) is 5.76 Å². The minimum absolute atomic E-state index is 0.00907. The van der Waals surface area contributed by atoms with Gasteiger partial charge in [-0.25, -0.2) is 0 Å². The van der Waals surface area contributed by atoms with Gasteiger partial charge in [0.05, 0.1) is 24.6 Å². The highest BCUT2D eigenvalue weighted by Gasteiger charge is 2.27. The Morgan fingerprint density at radius 2 is 2.14 bits per heavy atom. The van der Waals surface area contributed by atoms with E-state index < -0.39 is 0 Å². The van der Waals surface area contributed by atoms with E-state index in [4.69, 9.17) is 4.42 Å². The van der Waals surface area contributed by atoms with Crippen LogP contribution in [0.4, 0.5) is 0 Å². The summed E-state index contributed by atoms with van der Waals surface area (Å²) in [4.78, 5) is 14.9. The fourth-order valence-electron chi connectivity index (χ4n) is 2.46. The van der Waals surface area contributed by atoms with E-state index in [9.17, 15) is 4.79 Å². The highest BCUT2D eigenvalue weighted by molar-refractivity contribution is 5.95. The van der Waals surface area contributed by atoms with E-state index in [1.54, 1.807) is 12.5 Å². The molecule has 5 nitrogen and oxygen atoms in total. The number of hydrogen-bond acceptors (Lipinski definition) is 3. The number of rotatable bonds is 6. The average Bonchev–Trinajstić information content (AvgIpc) is 3.12. The van der Waals surface area contributed by atoms with Crippen LogP contribution < -0.4 is 0 Å². The van der Waals surface area contributed by atoms with Crippen molar-refractivity contribution in [1.29, 1.82) is 0 Å². The summed E-state index contributed by atoms with van der Waals surface area (Å²) >= 11 is 0. The lowest BCUT2D eigenvalue weighted by molar-refractivity contribution is 0.0610. The first-order valence-electron chi connectivity index (χ1n) is 7.81. The smallest absolute Gasteiger partial charge is 0.257 e. The predicted molar refractivity (Wildman–Crippen MR) is 85.5 cm³/mol. The molecule has 0 aliphatic carbocycles. The predicted octanol–water partition coefficient (Wildman–Crippen LogP) is 3.49. The Balaban J connectivity index is 2.30. The van der Waals surface area contributed by atoms with Crippen LogP contribution in [0.3, 0.4) is 0 Å². The molecule has 0 saturated heterocycles. The monoisotopic (exact) mass is 303 g/mol. The van der Waals surface area contributed by atoms with E-state index in [0.29, 0.717) is 18.0 Å². The summed E-state index contributed by atoms with van der Waals surface area (Å²) in [6.07, 6.45) is 3.31. The fourth-order valence-corrected chi connectivity index (χ4v) is 2.46. The van der Waals surface area contributed by atoms with Gasteiger partial charge in [0.25, 0.3) is 5.91 Å². The molecule has 2 rings (SSSR count). The molecular weight excluding hydrogens is 278 g/mol. The van der Waals surface area contributed by atoms with Crippen molar-refractivity contribution in [2.75, 3.05) is 0 Å². The van der Waals surface area contributed by atoms with Crippen molar-refractivity contribution < 1.29 is 9.21 Å². The minimum atomic E-state index is 0.00907. The molecule has 0 saturated carbocycles. The second-order valence-corrected chi connectivity index (χ2v) is 5.96. The van der Waals surface area contributed by atoms with E-state index >= 15 is 0 Å². The molecule has 0 aliphatic heterocycles. The number of carbonyl (C=O) groups is 1. The molecule has 2 aromatic heterocycles. The number of furan rings is 1. The molecule has 2 heterocycles. The van der Waals surface area contributed by atoms with Crippen LogP contribution >= 0.6 is 0 Å². The Labute approximate surface area is 131 Å². The van der Waals surface area contributed by atoms with Gasteiger partial charge >= 0.3 is 0 Å². The highest BCUT2D eigenvalue weighted by Crippen LogP contribution is 2.20. The van der Waals surface area contributed by atoms with Crippen molar-refractivity contribution >= 4 is 5.91 Å². The van der Waals surface area contributed by atoms with Crippen molar-refractivity contribution in [3.63, 3.8) is 0 Å². The molecule has 1 atom stereocenters. The maximum Gasteiger partial charge on any atom is 0.257 e. The molecule has 0 spiro atoms. The Bertz CT molecular complexity index is 614. The van der Waals surface area contributed by atoms with Gasteiger partial charge in [-0.15, -0.1) is 0 Å². The number of hydrogen-bond donors (Lipinski definition) is 0. The van der Waals surface area contributed by atoms with Gasteiger partial charge in [-0.2, -0.15) is 5.10 Å². The summed E-state index contributed by atoms with van der Waals surface area (Å²) in [6.45, 7) is 11.5. The van der Waals surface area contributed by atoms with Gasteiger partial charge in [0, 0.05) is 18.3 Å². The summed E-state index contributed by atoms with van der Waals surface area (Å²) in [5.41, 5.74) is 1.58. The van der Waals surface area contributed by atoms with Gasteiger partial charge in [0.2, 0.25) is 0 Å². The van der Waals surface area contributed by atoms with Gasteiger partial charge < -0.3 is 9.32 Å². The van der Waals surface area contributed by atoms with E-state index in [0.717, 1.165) is 18.0 Å². The van der Waals surface area contributed by atoms with Crippen molar-refractivity contribution in [3.8, 4) is 0 Å². The zero-order valence-electron chi connectivity index (χ0n) is 14.0. The Hall–Kier alpha value is -2.04. The zero-order chi connectivity index (χ0) is 16.3. The zero-order valence-corrected chi connectivity index (χ0v) is 14.0. The average molecular weight is 303 g/mol. The number of carbonyl (C=O) groups excluding carboxylic acids is 1. The van der Waals surface area contributed by atoms with Gasteiger partial charge in [0.15, 0.2) is 0 Å². The van der Waals surface area contributed by atoms with Crippen molar-refractivity contribution in [3.05, 3.63) is 41.6 Å². The van der Waals surface area contributed by atoms with Crippen LogP contribution in [0, 0.1) is 12.8 Å². The van der Waals surface area contributed by atoms with Crippen molar-refractivity contribution in [2.24, 2.45) is 5.92 Å². The van der Waals surface area contributed by atoms with Crippen molar-refractivity contribution in [1.82, 2.24) is 14.7 Å². The molecule has 0 bridgehead atoms. The molecule has 5 heteroatoms. The van der Waals surface area contributed by atoms with Crippen LogP contribution in [0.25, 0.3) is 0 Å². The second kappa shape index (κ2) is 6.81. The van der Waals surface area contributed by atoms with Crippen LogP contribution in [-0.4, -0.2) is 26.6 Å². The van der Waals surface area contributed by atoms with E-state index in [1.807, 2.05) is 35.6 Å². The molecule has 2 aromatic rings. The molecule has 22 heavy (non-hydrogen) atoms. The summed E-state index contributed by atoms with van der Waals surface area (Å²) < 4.78 is 7.27. The number of aromatic nitrogens is 2. The largest absolute Gasteiger partial charge is 0.467 e. The van der Waals surface area contributed by atoms with Crippen LogP contribution in [-0.2, 0) is 13.1 Å². The first kappa shape index (κ1) is 16.3. The molecule has 0 unspecified atom stereocenters. The third kappa shape index (κ3) is 3.24. The molecule has 0 aromatic carbocycles. The van der Waals surface area contributed by atoms with Crippen molar-refractivity contribution in [2.45, 2.75) is 53.8 Å². The minimum Gasteiger partial charge on any atom is -0.467 e. The molecule has 120 valence electrons. The van der Waals surface area contributed by atoms with Gasteiger partial charge in [-0.05, 0) is 38.8 Å². The van der Waals surface area contributed by atoms with E-state index in [2.05, 4.69) is 25.9 Å².